The Morgan fingerprint density at radius 2 is 2.06 bits per heavy atom. The van der Waals surface area contributed by atoms with Gasteiger partial charge in [-0.3, -0.25) is 0 Å². The molecule has 0 unspecified atom stereocenters. The van der Waals surface area contributed by atoms with Gasteiger partial charge in [-0.15, -0.1) is 0 Å². The molecule has 1 heterocycles. The second-order valence-corrected chi connectivity index (χ2v) is 4.35. The van der Waals surface area contributed by atoms with Gasteiger partial charge in [0.05, 0.1) is 25.3 Å². The van der Waals surface area contributed by atoms with E-state index < -0.39 is 0 Å². The summed E-state index contributed by atoms with van der Waals surface area (Å²) in [5, 5.41) is 0. The van der Waals surface area contributed by atoms with Gasteiger partial charge in [-0.2, -0.15) is 0 Å². The van der Waals surface area contributed by atoms with Gasteiger partial charge in [-0.1, -0.05) is 6.07 Å². The van der Waals surface area contributed by atoms with E-state index in [0.29, 0.717) is 12.6 Å². The summed E-state index contributed by atoms with van der Waals surface area (Å²) in [5.74, 6) is 1.59. The third-order valence-corrected chi connectivity index (χ3v) is 2.73. The van der Waals surface area contributed by atoms with Gasteiger partial charge in [0.1, 0.15) is 18.1 Å². The Kier molecular flexibility index (Phi) is 3.87. The van der Waals surface area contributed by atoms with Crippen molar-refractivity contribution in [1.29, 1.82) is 0 Å². The molecule has 2 rings (SSSR count). The van der Waals surface area contributed by atoms with E-state index in [-0.39, 0.29) is 0 Å². The predicted molar refractivity (Wildman–Crippen MR) is 69.9 cm³/mol. The molecule has 18 heavy (non-hydrogen) atoms. The molecule has 0 saturated heterocycles. The number of benzene rings is 1. The van der Waals surface area contributed by atoms with E-state index >= 15 is 0 Å². The van der Waals surface area contributed by atoms with Crippen LogP contribution in [-0.2, 0) is 6.61 Å². The molecule has 4 heteroatoms. The highest BCUT2D eigenvalue weighted by atomic mass is 16.5. The van der Waals surface area contributed by atoms with Crippen LogP contribution in [0.3, 0.4) is 0 Å². The average Bonchev–Trinajstić information content (AvgIpc) is 2.85. The summed E-state index contributed by atoms with van der Waals surface area (Å²) in [7, 11) is 1.65. The zero-order valence-corrected chi connectivity index (χ0v) is 11.0. The lowest BCUT2D eigenvalue weighted by Gasteiger charge is -2.12. The predicted octanol–water partition coefficient (Wildman–Crippen LogP) is 3.05. The van der Waals surface area contributed by atoms with Crippen molar-refractivity contribution >= 4 is 0 Å². The minimum absolute atomic E-state index is 0.386. The summed E-state index contributed by atoms with van der Waals surface area (Å²) < 4.78 is 13.0. The Morgan fingerprint density at radius 1 is 1.28 bits per heavy atom. The van der Waals surface area contributed by atoms with Gasteiger partial charge in [0.15, 0.2) is 0 Å². The van der Waals surface area contributed by atoms with Crippen molar-refractivity contribution in [1.82, 2.24) is 9.55 Å². The largest absolute Gasteiger partial charge is 0.497 e. The third kappa shape index (κ3) is 2.83. The lowest BCUT2D eigenvalue weighted by Crippen LogP contribution is -2.07. The van der Waals surface area contributed by atoms with E-state index in [0.717, 1.165) is 17.2 Å². The van der Waals surface area contributed by atoms with Crippen molar-refractivity contribution in [2.75, 3.05) is 7.11 Å². The molecule has 0 aliphatic carbocycles. The molecule has 0 aliphatic heterocycles. The van der Waals surface area contributed by atoms with Crippen LogP contribution in [0.2, 0.25) is 0 Å². The topological polar surface area (TPSA) is 36.3 Å². The van der Waals surface area contributed by atoms with Crippen molar-refractivity contribution in [3.8, 4) is 11.5 Å². The Labute approximate surface area is 107 Å². The Balaban J connectivity index is 2.04. The molecule has 0 amide bonds. The number of imidazole rings is 1. The number of aromatic nitrogens is 2. The highest BCUT2D eigenvalue weighted by molar-refractivity contribution is 5.32. The maximum atomic E-state index is 5.74. The first-order chi connectivity index (χ1) is 8.70. The van der Waals surface area contributed by atoms with E-state index in [2.05, 4.69) is 23.4 Å². The van der Waals surface area contributed by atoms with Crippen molar-refractivity contribution in [2.45, 2.75) is 26.5 Å². The molecule has 0 spiro atoms. The maximum absolute atomic E-state index is 5.74. The standard InChI is InChI=1S/C14H18N2O2/c1-11(2)16-10-15-8-12(16)9-18-14-6-4-5-13(7-14)17-3/h4-8,10-11H,9H2,1-3H3. The minimum atomic E-state index is 0.386. The van der Waals surface area contributed by atoms with E-state index in [1.54, 1.807) is 7.11 Å². The van der Waals surface area contributed by atoms with E-state index in [1.807, 2.05) is 36.8 Å². The van der Waals surface area contributed by atoms with Crippen molar-refractivity contribution in [2.24, 2.45) is 0 Å². The number of ether oxygens (including phenoxy) is 2. The molecule has 96 valence electrons. The zero-order chi connectivity index (χ0) is 13.0. The molecule has 0 fully saturated rings. The van der Waals surface area contributed by atoms with E-state index in [1.165, 1.54) is 0 Å². The van der Waals surface area contributed by atoms with Crippen LogP contribution < -0.4 is 9.47 Å². The van der Waals surface area contributed by atoms with Crippen LogP contribution in [0.15, 0.2) is 36.8 Å². The maximum Gasteiger partial charge on any atom is 0.130 e. The highest BCUT2D eigenvalue weighted by Crippen LogP contribution is 2.20. The minimum Gasteiger partial charge on any atom is -0.497 e. The molecule has 0 aliphatic rings. The van der Waals surface area contributed by atoms with Crippen LogP contribution in [0, 0.1) is 0 Å². The van der Waals surface area contributed by atoms with Crippen LogP contribution in [0.4, 0.5) is 0 Å². The Hall–Kier alpha value is -1.97. The molecular formula is C14H18N2O2. The second-order valence-electron chi connectivity index (χ2n) is 4.35. The number of hydrogen-bond acceptors (Lipinski definition) is 3. The molecule has 1 aromatic carbocycles. The van der Waals surface area contributed by atoms with Gasteiger partial charge in [-0.25, -0.2) is 4.98 Å². The third-order valence-electron chi connectivity index (χ3n) is 2.73. The summed E-state index contributed by atoms with van der Waals surface area (Å²) in [6.45, 7) is 4.75. The summed E-state index contributed by atoms with van der Waals surface area (Å²) in [6, 6.07) is 7.98. The molecular weight excluding hydrogens is 228 g/mol. The molecule has 0 bridgehead atoms. The molecule has 0 radical (unpaired) electrons. The Morgan fingerprint density at radius 3 is 2.78 bits per heavy atom. The highest BCUT2D eigenvalue weighted by Gasteiger charge is 2.06. The van der Waals surface area contributed by atoms with Gasteiger partial charge in [0.25, 0.3) is 0 Å². The second kappa shape index (κ2) is 5.58. The van der Waals surface area contributed by atoms with Crippen molar-refractivity contribution < 1.29 is 9.47 Å². The number of hydrogen-bond donors (Lipinski definition) is 0. The molecule has 4 nitrogen and oxygen atoms in total. The van der Waals surface area contributed by atoms with Crippen LogP contribution in [-0.4, -0.2) is 16.7 Å². The summed E-state index contributed by atoms with van der Waals surface area (Å²) in [4.78, 5) is 4.15. The van der Waals surface area contributed by atoms with Gasteiger partial charge in [0, 0.05) is 12.1 Å². The first-order valence-corrected chi connectivity index (χ1v) is 5.98. The molecule has 0 atom stereocenters. The first-order valence-electron chi connectivity index (χ1n) is 5.98. The van der Waals surface area contributed by atoms with Gasteiger partial charge in [0.2, 0.25) is 0 Å². The van der Waals surface area contributed by atoms with Crippen LogP contribution in [0.25, 0.3) is 0 Å². The lowest BCUT2D eigenvalue weighted by atomic mass is 10.3. The summed E-state index contributed by atoms with van der Waals surface area (Å²) in [5.41, 5.74) is 1.06. The van der Waals surface area contributed by atoms with Crippen LogP contribution >= 0.6 is 0 Å². The quantitative estimate of drug-likeness (QED) is 0.813. The fourth-order valence-electron chi connectivity index (χ4n) is 1.76. The van der Waals surface area contributed by atoms with Crippen molar-refractivity contribution in [3.63, 3.8) is 0 Å². The smallest absolute Gasteiger partial charge is 0.130 e. The van der Waals surface area contributed by atoms with Crippen LogP contribution in [0.1, 0.15) is 25.6 Å². The summed E-state index contributed by atoms with van der Waals surface area (Å²) >= 11 is 0. The zero-order valence-electron chi connectivity index (χ0n) is 11.0. The van der Waals surface area contributed by atoms with Gasteiger partial charge >= 0.3 is 0 Å². The van der Waals surface area contributed by atoms with Crippen LogP contribution in [0.5, 0.6) is 11.5 Å². The lowest BCUT2D eigenvalue weighted by molar-refractivity contribution is 0.290. The Bertz CT molecular complexity index is 506. The molecule has 1 aromatic heterocycles. The first kappa shape index (κ1) is 12.5. The van der Waals surface area contributed by atoms with Crippen molar-refractivity contribution in [3.05, 3.63) is 42.5 Å². The number of methoxy groups -OCH3 is 1. The number of nitrogens with zero attached hydrogens (tertiary/aromatic N) is 2. The normalized spacial score (nSPS) is 10.7. The monoisotopic (exact) mass is 246 g/mol. The van der Waals surface area contributed by atoms with Gasteiger partial charge in [-0.05, 0) is 26.0 Å². The van der Waals surface area contributed by atoms with E-state index in [9.17, 15) is 0 Å². The molecule has 0 saturated carbocycles. The number of rotatable bonds is 5. The molecule has 0 N–H and O–H groups in total. The fraction of sp³-hybridized carbons (Fsp3) is 0.357. The van der Waals surface area contributed by atoms with Gasteiger partial charge < -0.3 is 14.0 Å². The SMILES string of the molecule is COc1cccc(OCc2cncn2C(C)C)c1. The van der Waals surface area contributed by atoms with E-state index in [4.69, 9.17) is 9.47 Å². The fourth-order valence-corrected chi connectivity index (χ4v) is 1.76. The average molecular weight is 246 g/mol. The summed E-state index contributed by atoms with van der Waals surface area (Å²) in [6.07, 6.45) is 3.66. The molecule has 2 aromatic rings.